The summed E-state index contributed by atoms with van der Waals surface area (Å²) in [6.07, 6.45) is 3.34. The van der Waals surface area contributed by atoms with Gasteiger partial charge in [-0.15, -0.1) is 0 Å². The summed E-state index contributed by atoms with van der Waals surface area (Å²) in [5.41, 5.74) is 6.49. The number of hydrogen-bond acceptors (Lipinski definition) is 3. The molecule has 0 spiro atoms. The molecule has 4 nitrogen and oxygen atoms in total. The molecule has 1 fully saturated rings. The number of carbonyl (C=O) groups is 1. The standard InChI is InChI=1S/C16H24FN3O/c17-15-3-1-14(2-4-15)11-19-16(21)12-20-9-6-13(5-8-18)7-10-20/h1-4,13H,5-12,18H2,(H,19,21). The molecule has 21 heavy (non-hydrogen) atoms. The minimum Gasteiger partial charge on any atom is -0.351 e. The Bertz CT molecular complexity index is 441. The topological polar surface area (TPSA) is 58.4 Å². The van der Waals surface area contributed by atoms with Crippen molar-refractivity contribution in [2.75, 3.05) is 26.2 Å². The molecule has 0 radical (unpaired) electrons. The number of halogens is 1. The molecule has 0 bridgehead atoms. The number of amides is 1. The average Bonchev–Trinajstić information content (AvgIpc) is 2.49. The highest BCUT2D eigenvalue weighted by Gasteiger charge is 2.20. The van der Waals surface area contributed by atoms with Crippen LogP contribution in [0.5, 0.6) is 0 Å². The van der Waals surface area contributed by atoms with Crippen molar-refractivity contribution in [2.45, 2.75) is 25.8 Å². The molecule has 2 rings (SSSR count). The zero-order chi connectivity index (χ0) is 15.1. The zero-order valence-electron chi connectivity index (χ0n) is 12.4. The van der Waals surface area contributed by atoms with Crippen LogP contribution < -0.4 is 11.1 Å². The van der Waals surface area contributed by atoms with Crippen LogP contribution in [0.25, 0.3) is 0 Å². The summed E-state index contributed by atoms with van der Waals surface area (Å²) < 4.78 is 12.8. The van der Waals surface area contributed by atoms with Gasteiger partial charge in [-0.25, -0.2) is 4.39 Å². The first-order valence-electron chi connectivity index (χ1n) is 7.61. The van der Waals surface area contributed by atoms with E-state index in [1.54, 1.807) is 12.1 Å². The maximum Gasteiger partial charge on any atom is 0.234 e. The number of carbonyl (C=O) groups excluding carboxylic acids is 1. The molecule has 0 aliphatic carbocycles. The number of rotatable bonds is 6. The molecule has 1 aliphatic rings. The summed E-state index contributed by atoms with van der Waals surface area (Å²) in [5.74, 6) is 0.482. The highest BCUT2D eigenvalue weighted by atomic mass is 19.1. The first kappa shape index (κ1) is 15.9. The lowest BCUT2D eigenvalue weighted by Gasteiger charge is -2.31. The van der Waals surface area contributed by atoms with Crippen LogP contribution in [0.3, 0.4) is 0 Å². The largest absolute Gasteiger partial charge is 0.351 e. The van der Waals surface area contributed by atoms with E-state index in [1.807, 2.05) is 0 Å². The third-order valence-electron chi connectivity index (χ3n) is 4.05. The second-order valence-corrected chi connectivity index (χ2v) is 5.70. The van der Waals surface area contributed by atoms with E-state index in [4.69, 9.17) is 5.73 Å². The van der Waals surface area contributed by atoms with Crippen LogP contribution in [0, 0.1) is 11.7 Å². The van der Waals surface area contributed by atoms with Crippen LogP contribution in [0.15, 0.2) is 24.3 Å². The van der Waals surface area contributed by atoms with E-state index in [-0.39, 0.29) is 11.7 Å². The second kappa shape index (κ2) is 8.10. The van der Waals surface area contributed by atoms with E-state index in [0.29, 0.717) is 19.0 Å². The third-order valence-corrected chi connectivity index (χ3v) is 4.05. The lowest BCUT2D eigenvalue weighted by atomic mass is 9.94. The van der Waals surface area contributed by atoms with E-state index >= 15 is 0 Å². The predicted octanol–water partition coefficient (Wildman–Crippen LogP) is 1.50. The minimum atomic E-state index is -0.259. The van der Waals surface area contributed by atoms with E-state index in [1.165, 1.54) is 12.1 Å². The van der Waals surface area contributed by atoms with Gasteiger partial charge < -0.3 is 11.1 Å². The van der Waals surface area contributed by atoms with Crippen LogP contribution in [-0.4, -0.2) is 37.0 Å². The molecule has 1 heterocycles. The van der Waals surface area contributed by atoms with Gasteiger partial charge in [0.2, 0.25) is 5.91 Å². The Morgan fingerprint density at radius 3 is 2.57 bits per heavy atom. The quantitative estimate of drug-likeness (QED) is 0.836. The predicted molar refractivity (Wildman–Crippen MR) is 81.1 cm³/mol. The smallest absolute Gasteiger partial charge is 0.234 e. The van der Waals surface area contributed by atoms with E-state index in [2.05, 4.69) is 10.2 Å². The van der Waals surface area contributed by atoms with Gasteiger partial charge in [0, 0.05) is 6.54 Å². The Kier molecular flexibility index (Phi) is 6.14. The fourth-order valence-electron chi connectivity index (χ4n) is 2.73. The first-order chi connectivity index (χ1) is 10.2. The van der Waals surface area contributed by atoms with Gasteiger partial charge in [-0.1, -0.05) is 12.1 Å². The number of piperidine rings is 1. The number of benzene rings is 1. The summed E-state index contributed by atoms with van der Waals surface area (Å²) in [6, 6.07) is 6.19. The van der Waals surface area contributed by atoms with Crippen molar-refractivity contribution in [2.24, 2.45) is 11.7 Å². The maximum atomic E-state index is 12.8. The van der Waals surface area contributed by atoms with Crippen LogP contribution in [0.2, 0.25) is 0 Å². The summed E-state index contributed by atoms with van der Waals surface area (Å²) in [7, 11) is 0. The van der Waals surface area contributed by atoms with Crippen molar-refractivity contribution >= 4 is 5.91 Å². The van der Waals surface area contributed by atoms with Crippen molar-refractivity contribution in [3.8, 4) is 0 Å². The lowest BCUT2D eigenvalue weighted by molar-refractivity contribution is -0.122. The Labute approximate surface area is 125 Å². The Balaban J connectivity index is 1.67. The molecule has 1 saturated heterocycles. The Morgan fingerprint density at radius 2 is 1.95 bits per heavy atom. The van der Waals surface area contributed by atoms with Crippen LogP contribution >= 0.6 is 0 Å². The van der Waals surface area contributed by atoms with Crippen LogP contribution in [0.4, 0.5) is 4.39 Å². The number of nitrogens with two attached hydrogens (primary N) is 1. The van der Waals surface area contributed by atoms with Gasteiger partial charge in [0.05, 0.1) is 6.54 Å². The van der Waals surface area contributed by atoms with Crippen LogP contribution in [0.1, 0.15) is 24.8 Å². The summed E-state index contributed by atoms with van der Waals surface area (Å²) >= 11 is 0. The molecular weight excluding hydrogens is 269 g/mol. The Hall–Kier alpha value is -1.46. The molecule has 0 saturated carbocycles. The number of likely N-dealkylation sites (tertiary alicyclic amines) is 1. The van der Waals surface area contributed by atoms with Gasteiger partial charge in [-0.3, -0.25) is 9.69 Å². The molecule has 0 aromatic heterocycles. The molecule has 1 aromatic rings. The maximum absolute atomic E-state index is 12.8. The van der Waals surface area contributed by atoms with Crippen molar-refractivity contribution in [1.29, 1.82) is 0 Å². The van der Waals surface area contributed by atoms with Crippen molar-refractivity contribution in [3.05, 3.63) is 35.6 Å². The normalized spacial score (nSPS) is 16.9. The molecule has 1 aliphatic heterocycles. The highest BCUT2D eigenvalue weighted by molar-refractivity contribution is 5.78. The van der Waals surface area contributed by atoms with Crippen molar-refractivity contribution < 1.29 is 9.18 Å². The Morgan fingerprint density at radius 1 is 1.29 bits per heavy atom. The second-order valence-electron chi connectivity index (χ2n) is 5.70. The molecule has 3 N–H and O–H groups in total. The van der Waals surface area contributed by atoms with E-state index in [9.17, 15) is 9.18 Å². The van der Waals surface area contributed by atoms with E-state index < -0.39 is 0 Å². The number of nitrogens with zero attached hydrogens (tertiary/aromatic N) is 1. The molecule has 1 amide bonds. The monoisotopic (exact) mass is 293 g/mol. The fourth-order valence-corrected chi connectivity index (χ4v) is 2.73. The fraction of sp³-hybridized carbons (Fsp3) is 0.562. The van der Waals surface area contributed by atoms with E-state index in [0.717, 1.165) is 44.5 Å². The highest BCUT2D eigenvalue weighted by Crippen LogP contribution is 2.19. The van der Waals surface area contributed by atoms with Gasteiger partial charge in [-0.05, 0) is 62.5 Å². The molecule has 5 heteroatoms. The van der Waals surface area contributed by atoms with Gasteiger partial charge in [0.1, 0.15) is 5.82 Å². The molecule has 0 atom stereocenters. The van der Waals surface area contributed by atoms with Crippen molar-refractivity contribution in [1.82, 2.24) is 10.2 Å². The third kappa shape index (κ3) is 5.44. The first-order valence-corrected chi connectivity index (χ1v) is 7.61. The number of hydrogen-bond donors (Lipinski definition) is 2. The number of nitrogens with one attached hydrogen (secondary N) is 1. The van der Waals surface area contributed by atoms with Crippen LogP contribution in [-0.2, 0) is 11.3 Å². The molecule has 0 unspecified atom stereocenters. The van der Waals surface area contributed by atoms with Gasteiger partial charge in [0.25, 0.3) is 0 Å². The van der Waals surface area contributed by atoms with Crippen molar-refractivity contribution in [3.63, 3.8) is 0 Å². The van der Waals surface area contributed by atoms with Gasteiger partial charge >= 0.3 is 0 Å². The lowest BCUT2D eigenvalue weighted by Crippen LogP contribution is -2.41. The zero-order valence-corrected chi connectivity index (χ0v) is 12.4. The molecule has 116 valence electrons. The average molecular weight is 293 g/mol. The molecule has 1 aromatic carbocycles. The van der Waals surface area contributed by atoms with Gasteiger partial charge in [-0.2, -0.15) is 0 Å². The SMILES string of the molecule is NCCC1CCN(CC(=O)NCc2ccc(F)cc2)CC1. The van der Waals surface area contributed by atoms with Gasteiger partial charge in [0.15, 0.2) is 0 Å². The summed E-state index contributed by atoms with van der Waals surface area (Å²) in [6.45, 7) is 3.57. The summed E-state index contributed by atoms with van der Waals surface area (Å²) in [5, 5.41) is 2.88. The molecular formula is C16H24FN3O. The summed E-state index contributed by atoms with van der Waals surface area (Å²) in [4.78, 5) is 14.1. The minimum absolute atomic E-state index is 0.0246.